The van der Waals surface area contributed by atoms with E-state index in [0.29, 0.717) is 29.9 Å². The van der Waals surface area contributed by atoms with Crippen LogP contribution in [0.5, 0.6) is 0 Å². The number of pyridine rings is 1. The van der Waals surface area contributed by atoms with Gasteiger partial charge in [0.2, 0.25) is 5.91 Å². The number of carbonyl (C=O) groups excluding carboxylic acids is 1. The molecule has 2 atom stereocenters. The van der Waals surface area contributed by atoms with E-state index in [9.17, 15) is 26.4 Å². The first-order valence-corrected chi connectivity index (χ1v) is 12.7. The van der Waals surface area contributed by atoms with Crippen LogP contribution in [0, 0.1) is 12.8 Å². The lowest BCUT2D eigenvalue weighted by Crippen LogP contribution is -2.38. The molecule has 1 unspecified atom stereocenters. The van der Waals surface area contributed by atoms with Crippen molar-refractivity contribution >= 4 is 21.9 Å². The molecule has 2 aromatic rings. The molecule has 0 radical (unpaired) electrons. The van der Waals surface area contributed by atoms with Gasteiger partial charge in [0.1, 0.15) is 11.5 Å². The van der Waals surface area contributed by atoms with Crippen LogP contribution in [0.25, 0.3) is 0 Å². The molecule has 1 aliphatic heterocycles. The third-order valence-corrected chi connectivity index (χ3v) is 7.67. The van der Waals surface area contributed by atoms with Crippen molar-refractivity contribution in [2.45, 2.75) is 52.3 Å². The minimum Gasteiger partial charge on any atom is -0.310 e. The number of alkyl halides is 3. The molecule has 3 rings (SSSR count). The molecule has 0 saturated carbocycles. The van der Waals surface area contributed by atoms with E-state index in [-0.39, 0.29) is 17.8 Å². The summed E-state index contributed by atoms with van der Waals surface area (Å²) < 4.78 is 66.7. The number of nitrogens with one attached hydrogen (secondary N) is 1. The van der Waals surface area contributed by atoms with Crippen molar-refractivity contribution in [2.75, 3.05) is 32.5 Å². The highest BCUT2D eigenvalue weighted by Gasteiger charge is 2.34. The molecule has 0 spiro atoms. The molecule has 1 aliphatic rings. The van der Waals surface area contributed by atoms with Crippen LogP contribution in [0.1, 0.15) is 55.4 Å². The van der Waals surface area contributed by atoms with Crippen molar-refractivity contribution in [2.24, 2.45) is 5.92 Å². The van der Waals surface area contributed by atoms with Crippen LogP contribution in [0.2, 0.25) is 0 Å². The average molecular weight is 517 g/mol. The zero-order chi connectivity index (χ0) is 26.1. The summed E-state index contributed by atoms with van der Waals surface area (Å²) in [7, 11) is -1.21. The fourth-order valence-corrected chi connectivity index (χ4v) is 5.17. The number of hydrogen-bond donors (Lipinski definition) is 1. The van der Waals surface area contributed by atoms with E-state index in [1.165, 1.54) is 21.0 Å². The topological polar surface area (TPSA) is 100 Å². The number of carbonyl (C=O) groups is 1. The monoisotopic (exact) mass is 516 g/mol. The van der Waals surface area contributed by atoms with E-state index in [4.69, 9.17) is 0 Å². The minimum atomic E-state index is -4.49. The normalized spacial score (nSPS) is 18.6. The smallest absolute Gasteiger partial charge is 0.310 e. The molecule has 0 aliphatic carbocycles. The molecule has 1 saturated heterocycles. The fraction of sp³-hybridized carbons (Fsp3) is 0.591. The highest BCUT2D eigenvalue weighted by atomic mass is 32.2. The number of aromatic nitrogens is 3. The number of aryl methyl sites for hydroxylation is 1. The standard InChI is InChI=1S/C22H31F3N6O3S/c1-14-9-18(11-20(26-14)22(23,24)25)10-17-7-6-8-30(13-17)15(2)19-12-21(27-16(3)32)31(28-19)35(33,34)29(4)5/h9,11-12,15,17H,6-8,10,13H2,1-5H3,(H,27,32)/t15?,17-/m1/s1. The van der Waals surface area contributed by atoms with Gasteiger partial charge in [0, 0.05) is 39.3 Å². The van der Waals surface area contributed by atoms with Gasteiger partial charge in [-0.05, 0) is 63.3 Å². The van der Waals surface area contributed by atoms with Crippen LogP contribution < -0.4 is 5.32 Å². The van der Waals surface area contributed by atoms with Crippen molar-refractivity contribution in [1.29, 1.82) is 0 Å². The van der Waals surface area contributed by atoms with Crippen LogP contribution in [0.4, 0.5) is 19.0 Å². The van der Waals surface area contributed by atoms with Gasteiger partial charge in [0.15, 0.2) is 0 Å². The highest BCUT2D eigenvalue weighted by Crippen LogP contribution is 2.32. The molecule has 2 aromatic heterocycles. The second kappa shape index (κ2) is 10.2. The van der Waals surface area contributed by atoms with E-state index < -0.39 is 28.0 Å². The maximum absolute atomic E-state index is 13.2. The number of halogens is 3. The molecule has 9 nitrogen and oxygen atoms in total. The SMILES string of the molecule is CC(=O)Nc1cc(C(C)N2CCC[C@H](Cc3cc(C)nc(C(F)(F)F)c3)C2)nn1S(=O)(=O)N(C)C. The van der Waals surface area contributed by atoms with Gasteiger partial charge in [0.25, 0.3) is 0 Å². The van der Waals surface area contributed by atoms with E-state index in [2.05, 4.69) is 20.3 Å². The molecule has 1 N–H and O–H groups in total. The Morgan fingerprint density at radius 3 is 2.57 bits per heavy atom. The molecule has 3 heterocycles. The second-order valence-electron chi connectivity index (χ2n) is 9.15. The van der Waals surface area contributed by atoms with Gasteiger partial charge in [-0.3, -0.25) is 9.69 Å². The van der Waals surface area contributed by atoms with Gasteiger partial charge in [-0.15, -0.1) is 4.09 Å². The van der Waals surface area contributed by atoms with Gasteiger partial charge in [-0.2, -0.15) is 31.0 Å². The first-order valence-electron chi connectivity index (χ1n) is 11.3. The predicted octanol–water partition coefficient (Wildman–Crippen LogP) is 3.23. The van der Waals surface area contributed by atoms with Gasteiger partial charge < -0.3 is 5.32 Å². The summed E-state index contributed by atoms with van der Waals surface area (Å²) in [5, 5.41) is 6.80. The zero-order valence-corrected chi connectivity index (χ0v) is 21.2. The number of rotatable bonds is 7. The number of amides is 1. The van der Waals surface area contributed by atoms with Gasteiger partial charge in [-0.25, -0.2) is 4.98 Å². The summed E-state index contributed by atoms with van der Waals surface area (Å²) in [5.41, 5.74) is 0.512. The zero-order valence-electron chi connectivity index (χ0n) is 20.4. The second-order valence-corrected chi connectivity index (χ2v) is 11.1. The maximum Gasteiger partial charge on any atom is 0.433 e. The molecule has 0 bridgehead atoms. The Labute approximate surface area is 203 Å². The summed E-state index contributed by atoms with van der Waals surface area (Å²) >= 11 is 0. The number of piperidine rings is 1. The van der Waals surface area contributed by atoms with E-state index in [1.807, 2.05) is 6.92 Å². The fourth-order valence-electron chi connectivity index (χ4n) is 4.32. The third kappa shape index (κ3) is 6.39. The third-order valence-electron chi connectivity index (χ3n) is 6.04. The number of anilines is 1. The van der Waals surface area contributed by atoms with Gasteiger partial charge >= 0.3 is 16.4 Å². The highest BCUT2D eigenvalue weighted by molar-refractivity contribution is 7.87. The maximum atomic E-state index is 13.2. The van der Waals surface area contributed by atoms with Crippen molar-refractivity contribution in [3.63, 3.8) is 0 Å². The van der Waals surface area contributed by atoms with E-state index in [1.54, 1.807) is 19.1 Å². The van der Waals surface area contributed by atoms with Crippen LogP contribution in [-0.2, 0) is 27.6 Å². The molecule has 0 aromatic carbocycles. The van der Waals surface area contributed by atoms with Crippen LogP contribution >= 0.6 is 0 Å². The summed E-state index contributed by atoms with van der Waals surface area (Å²) in [6.45, 7) is 6.09. The van der Waals surface area contributed by atoms with E-state index >= 15 is 0 Å². The quantitative estimate of drug-likeness (QED) is 0.607. The molecular formula is C22H31F3N6O3S. The van der Waals surface area contributed by atoms with Crippen LogP contribution in [0.3, 0.4) is 0 Å². The Morgan fingerprint density at radius 2 is 1.97 bits per heavy atom. The summed E-state index contributed by atoms with van der Waals surface area (Å²) in [6, 6.07) is 4.07. The lowest BCUT2D eigenvalue weighted by atomic mass is 9.90. The average Bonchev–Trinajstić information content (AvgIpc) is 3.16. The summed E-state index contributed by atoms with van der Waals surface area (Å²) in [4.78, 5) is 17.4. The van der Waals surface area contributed by atoms with Crippen molar-refractivity contribution in [3.8, 4) is 0 Å². The Kier molecular flexibility index (Phi) is 7.92. The number of nitrogens with zero attached hydrogens (tertiary/aromatic N) is 5. The van der Waals surface area contributed by atoms with Crippen molar-refractivity contribution in [1.82, 2.24) is 23.4 Å². The Bertz CT molecular complexity index is 1180. The lowest BCUT2D eigenvalue weighted by Gasteiger charge is -2.36. The first-order chi connectivity index (χ1) is 16.2. The molecule has 1 amide bonds. The van der Waals surface area contributed by atoms with Crippen LogP contribution in [-0.4, -0.2) is 64.9 Å². The number of likely N-dealkylation sites (tertiary alicyclic amines) is 1. The van der Waals surface area contributed by atoms with Crippen molar-refractivity contribution in [3.05, 3.63) is 40.8 Å². The number of hydrogen-bond acceptors (Lipinski definition) is 6. The van der Waals surface area contributed by atoms with Gasteiger partial charge in [-0.1, -0.05) is 0 Å². The lowest BCUT2D eigenvalue weighted by molar-refractivity contribution is -0.141. The minimum absolute atomic E-state index is 0.0496. The Hall–Kier alpha value is -2.51. The first kappa shape index (κ1) is 27.1. The molecule has 13 heteroatoms. The largest absolute Gasteiger partial charge is 0.433 e. The molecule has 194 valence electrons. The summed E-state index contributed by atoms with van der Waals surface area (Å²) in [6.07, 6.45) is -2.30. The summed E-state index contributed by atoms with van der Waals surface area (Å²) in [5.74, 6) is -0.256. The van der Waals surface area contributed by atoms with Gasteiger partial charge in [0.05, 0.1) is 11.7 Å². The molecule has 35 heavy (non-hydrogen) atoms. The van der Waals surface area contributed by atoms with E-state index in [0.717, 1.165) is 33.8 Å². The van der Waals surface area contributed by atoms with Crippen LogP contribution in [0.15, 0.2) is 18.2 Å². The molecular weight excluding hydrogens is 485 g/mol. The Morgan fingerprint density at radius 1 is 1.29 bits per heavy atom. The van der Waals surface area contributed by atoms with Crippen molar-refractivity contribution < 1.29 is 26.4 Å². The Balaban J connectivity index is 1.81. The predicted molar refractivity (Wildman–Crippen MR) is 125 cm³/mol. The molecule has 1 fully saturated rings.